The molecule has 1 saturated carbocycles. The number of alkyl halides is 3. The molecule has 9 nitrogen and oxygen atoms in total. The van der Waals surface area contributed by atoms with Crippen LogP contribution in [0, 0.1) is 12.7 Å². The first kappa shape index (κ1) is 27.5. The van der Waals surface area contributed by atoms with Crippen molar-refractivity contribution >= 4 is 46.9 Å². The number of halogens is 4. The quantitative estimate of drug-likeness (QED) is 0.258. The summed E-state index contributed by atoms with van der Waals surface area (Å²) in [6.45, 7) is 1.71. The summed E-state index contributed by atoms with van der Waals surface area (Å²) >= 11 is 0. The highest BCUT2D eigenvalue weighted by atomic mass is 19.4. The summed E-state index contributed by atoms with van der Waals surface area (Å²) in [7, 11) is 16.9. The van der Waals surface area contributed by atoms with E-state index in [0.29, 0.717) is 22.5 Å². The fraction of sp³-hybridized carbons (Fsp3) is 0.292. The first-order chi connectivity index (χ1) is 18.7. The van der Waals surface area contributed by atoms with Gasteiger partial charge in [-0.25, -0.2) is 14.4 Å². The van der Waals surface area contributed by atoms with Gasteiger partial charge in [0.1, 0.15) is 11.2 Å². The molecule has 1 aromatic carbocycles. The van der Waals surface area contributed by atoms with Crippen LogP contribution in [0.4, 0.5) is 35.0 Å². The van der Waals surface area contributed by atoms with Crippen LogP contribution in [0.3, 0.4) is 0 Å². The van der Waals surface area contributed by atoms with Crippen LogP contribution in [-0.2, 0) is 21.9 Å². The van der Waals surface area contributed by atoms with Crippen molar-refractivity contribution in [2.75, 3.05) is 10.6 Å². The van der Waals surface area contributed by atoms with Crippen molar-refractivity contribution in [1.29, 1.82) is 0 Å². The molecule has 1 fully saturated rings. The normalized spacial score (nSPS) is 14.6. The van der Waals surface area contributed by atoms with Crippen molar-refractivity contribution in [1.82, 2.24) is 24.9 Å². The number of rotatable bonds is 8. The van der Waals surface area contributed by atoms with Crippen LogP contribution in [0.2, 0.25) is 0 Å². The van der Waals surface area contributed by atoms with E-state index in [2.05, 4.69) is 30.9 Å². The molecule has 4 aromatic rings. The van der Waals surface area contributed by atoms with E-state index in [4.69, 9.17) is 28.1 Å². The SMILES string of the molecule is [B]C([B])([B])n1cc(Nc2ncc(-c3ccc(CC(=O)Nc4cc(C5(C(F)(F)F)CC5)on4)c(F)c3)cn2)c(C)n1. The number of carbonyl (C=O) groups excluding carboxylic acids is 1. The van der Waals surface area contributed by atoms with E-state index < -0.39 is 28.6 Å². The molecule has 0 aliphatic heterocycles. The molecule has 0 saturated heterocycles. The Morgan fingerprint density at radius 3 is 2.40 bits per heavy atom. The maximum Gasteiger partial charge on any atom is 0.401 e. The third kappa shape index (κ3) is 5.47. The molecule has 0 atom stereocenters. The van der Waals surface area contributed by atoms with Gasteiger partial charge in [-0.1, -0.05) is 17.3 Å². The lowest BCUT2D eigenvalue weighted by Gasteiger charge is -2.20. The number of nitrogens with zero attached hydrogens (tertiary/aromatic N) is 5. The third-order valence-corrected chi connectivity index (χ3v) is 6.47. The molecule has 5 rings (SSSR count). The van der Waals surface area contributed by atoms with Crippen molar-refractivity contribution in [3.8, 4) is 11.1 Å². The molecule has 3 aromatic heterocycles. The molecule has 16 heteroatoms. The van der Waals surface area contributed by atoms with Crippen molar-refractivity contribution in [3.63, 3.8) is 0 Å². The molecule has 6 radical (unpaired) electrons. The van der Waals surface area contributed by atoms with Crippen molar-refractivity contribution < 1.29 is 26.9 Å². The zero-order chi connectivity index (χ0) is 28.9. The third-order valence-electron chi connectivity index (χ3n) is 6.47. The first-order valence-corrected chi connectivity index (χ1v) is 11.9. The van der Waals surface area contributed by atoms with E-state index in [1.807, 2.05) is 0 Å². The summed E-state index contributed by atoms with van der Waals surface area (Å²) < 4.78 is 60.6. The van der Waals surface area contributed by atoms with Crippen LogP contribution in [0.25, 0.3) is 11.1 Å². The van der Waals surface area contributed by atoms with Gasteiger partial charge in [0, 0.05) is 30.2 Å². The monoisotopic (exact) mass is 545 g/mol. The first-order valence-electron chi connectivity index (χ1n) is 11.9. The van der Waals surface area contributed by atoms with Crippen LogP contribution < -0.4 is 10.6 Å². The molecule has 1 amide bonds. The maximum atomic E-state index is 14.8. The Hall–Kier alpha value is -4.10. The number of carbonyl (C=O) groups is 1. The molecule has 0 bridgehead atoms. The molecule has 2 N–H and O–H groups in total. The predicted octanol–water partition coefficient (Wildman–Crippen LogP) is 3.37. The number of nitrogens with one attached hydrogen (secondary N) is 2. The van der Waals surface area contributed by atoms with E-state index in [0.717, 1.165) is 6.07 Å². The number of anilines is 3. The maximum absolute atomic E-state index is 14.8. The van der Waals surface area contributed by atoms with E-state index >= 15 is 0 Å². The van der Waals surface area contributed by atoms with Crippen molar-refractivity contribution in [2.24, 2.45) is 0 Å². The largest absolute Gasteiger partial charge is 0.401 e. The molecule has 0 spiro atoms. The Bertz CT molecular complexity index is 1560. The molecule has 0 unspecified atom stereocenters. The van der Waals surface area contributed by atoms with Crippen LogP contribution in [0.15, 0.2) is 47.4 Å². The summed E-state index contributed by atoms with van der Waals surface area (Å²) in [5.41, 5.74) is 0.0587. The van der Waals surface area contributed by atoms with Crippen molar-refractivity contribution in [2.45, 2.75) is 43.0 Å². The smallest absolute Gasteiger partial charge is 0.358 e. The molecule has 3 heterocycles. The van der Waals surface area contributed by atoms with Gasteiger partial charge in [-0.3, -0.25) is 9.48 Å². The Morgan fingerprint density at radius 1 is 1.12 bits per heavy atom. The molecular weight excluding hydrogens is 527 g/mol. The Kier molecular flexibility index (Phi) is 6.75. The van der Waals surface area contributed by atoms with Crippen LogP contribution >= 0.6 is 0 Å². The Morgan fingerprint density at radius 2 is 1.82 bits per heavy atom. The minimum atomic E-state index is -4.47. The summed E-state index contributed by atoms with van der Waals surface area (Å²) in [5, 5.41) is 11.3. The van der Waals surface area contributed by atoms with Gasteiger partial charge in [-0.15, -0.1) is 0 Å². The van der Waals surface area contributed by atoms with Crippen LogP contribution in [0.5, 0.6) is 0 Å². The minimum Gasteiger partial charge on any atom is -0.358 e. The molecule has 1 aliphatic rings. The number of hydrogen-bond donors (Lipinski definition) is 2. The van der Waals surface area contributed by atoms with E-state index in [1.54, 1.807) is 13.0 Å². The van der Waals surface area contributed by atoms with Crippen LogP contribution in [0.1, 0.15) is 29.9 Å². The lowest BCUT2D eigenvalue weighted by molar-refractivity contribution is -0.165. The van der Waals surface area contributed by atoms with Gasteiger partial charge in [-0.2, -0.15) is 18.3 Å². The molecule has 198 valence electrons. The van der Waals surface area contributed by atoms with Gasteiger partial charge >= 0.3 is 6.18 Å². The fourth-order valence-corrected chi connectivity index (χ4v) is 4.03. The number of amides is 1. The van der Waals surface area contributed by atoms with Crippen molar-refractivity contribution in [3.05, 3.63) is 65.7 Å². The average molecular weight is 545 g/mol. The Labute approximate surface area is 229 Å². The van der Waals surface area contributed by atoms with E-state index in [9.17, 15) is 22.4 Å². The Balaban J connectivity index is 1.22. The topological polar surface area (TPSA) is 111 Å². The zero-order valence-electron chi connectivity index (χ0n) is 21.0. The van der Waals surface area contributed by atoms with E-state index in [1.165, 1.54) is 35.4 Å². The minimum absolute atomic E-state index is 0.0707. The zero-order valence-corrected chi connectivity index (χ0v) is 21.0. The van der Waals surface area contributed by atoms with Gasteiger partial charge in [0.25, 0.3) is 0 Å². The van der Waals surface area contributed by atoms with Gasteiger partial charge in [0.2, 0.25) is 11.9 Å². The van der Waals surface area contributed by atoms with Crippen LogP contribution in [-0.4, -0.2) is 60.5 Å². The van der Waals surface area contributed by atoms with E-state index in [-0.39, 0.29) is 42.4 Å². The summed E-state index contributed by atoms with van der Waals surface area (Å²) in [6, 6.07) is 5.28. The lowest BCUT2D eigenvalue weighted by atomic mass is 9.49. The number of aryl methyl sites for hydroxylation is 1. The summed E-state index contributed by atoms with van der Waals surface area (Å²) in [6.07, 6.45) is -0.602. The fourth-order valence-electron chi connectivity index (χ4n) is 4.03. The second kappa shape index (κ2) is 9.83. The standard InChI is InChI=1S/C24H18B3F4N7O2/c1-12-17(11-38(36-12)24(25,26)27)34-21-32-9-15(10-33-21)13-2-3-14(16(28)6-13)7-20(39)35-19-8-18(40-37-19)22(4-5-22)23(29,30)31/h2-3,6,8-11H,4-5,7H2,1H3,(H,32,33,34)(H,35,37,39). The van der Waals surface area contributed by atoms with Gasteiger partial charge < -0.3 is 15.2 Å². The predicted molar refractivity (Wildman–Crippen MR) is 139 cm³/mol. The number of benzene rings is 1. The van der Waals surface area contributed by atoms with Gasteiger partial charge in [0.05, 0.1) is 41.3 Å². The summed E-state index contributed by atoms with van der Waals surface area (Å²) in [5.74, 6) is -1.63. The molecule has 40 heavy (non-hydrogen) atoms. The average Bonchev–Trinajstić information content (AvgIpc) is 3.44. The molecule has 1 aliphatic carbocycles. The highest BCUT2D eigenvalue weighted by Crippen LogP contribution is 2.59. The lowest BCUT2D eigenvalue weighted by Crippen LogP contribution is -2.35. The van der Waals surface area contributed by atoms with Gasteiger partial charge in [-0.05, 0) is 42.2 Å². The van der Waals surface area contributed by atoms with Gasteiger partial charge in [0.15, 0.2) is 11.6 Å². The molecular formula is C24H18B3F4N7O2. The number of hydrogen-bond acceptors (Lipinski definition) is 7. The number of aromatic nitrogens is 5. The highest BCUT2D eigenvalue weighted by Gasteiger charge is 2.66. The second-order valence-electron chi connectivity index (χ2n) is 9.57. The second-order valence-corrected chi connectivity index (χ2v) is 9.57. The highest BCUT2D eigenvalue weighted by molar-refractivity contribution is 6.56. The summed E-state index contributed by atoms with van der Waals surface area (Å²) in [4.78, 5) is 20.8.